The minimum atomic E-state index is -0.109. The van der Waals surface area contributed by atoms with E-state index in [4.69, 9.17) is 0 Å². The average molecular weight is 409 g/mol. The van der Waals surface area contributed by atoms with Gasteiger partial charge in [-0.15, -0.1) is 12.4 Å². The number of para-hydroxylation sites is 1. The number of likely N-dealkylation sites (tertiary alicyclic amines) is 1. The Morgan fingerprint density at radius 2 is 1.89 bits per heavy atom. The zero-order valence-corrected chi connectivity index (χ0v) is 17.5. The van der Waals surface area contributed by atoms with Gasteiger partial charge in [0.25, 0.3) is 0 Å². The van der Waals surface area contributed by atoms with Gasteiger partial charge < -0.3 is 20.4 Å². The highest BCUT2D eigenvalue weighted by atomic mass is 35.5. The minimum Gasteiger partial charge on any atom is -0.339 e. The first kappa shape index (κ1) is 22.5. The van der Waals surface area contributed by atoms with Crippen LogP contribution in [0.1, 0.15) is 39.0 Å². The predicted octanol–water partition coefficient (Wildman–Crippen LogP) is 3.34. The Morgan fingerprint density at radius 1 is 1.18 bits per heavy atom. The largest absolute Gasteiger partial charge is 0.339 e. The second kappa shape index (κ2) is 11.3. The van der Waals surface area contributed by atoms with Crippen LogP contribution in [0.5, 0.6) is 0 Å². The Labute approximate surface area is 174 Å². The molecule has 2 saturated heterocycles. The lowest BCUT2D eigenvalue weighted by molar-refractivity contribution is -0.140. The Morgan fingerprint density at radius 3 is 2.57 bits per heavy atom. The van der Waals surface area contributed by atoms with Crippen molar-refractivity contribution >= 4 is 30.0 Å². The fourth-order valence-electron chi connectivity index (χ4n) is 4.15. The maximum atomic E-state index is 13.3. The number of benzene rings is 1. The number of carbonyl (C=O) groups excluding carboxylic acids is 2. The van der Waals surface area contributed by atoms with Crippen molar-refractivity contribution in [3.8, 4) is 0 Å². The number of anilines is 1. The molecule has 1 aromatic carbocycles. The second-order valence-corrected chi connectivity index (χ2v) is 7.59. The smallest absolute Gasteiger partial charge is 0.321 e. The molecule has 1 unspecified atom stereocenters. The normalized spacial score (nSPS) is 20.2. The second-order valence-electron chi connectivity index (χ2n) is 7.59. The zero-order valence-electron chi connectivity index (χ0n) is 16.7. The third-order valence-electron chi connectivity index (χ3n) is 5.58. The van der Waals surface area contributed by atoms with Crippen LogP contribution in [0.4, 0.5) is 10.5 Å². The number of nitrogens with zero attached hydrogens (tertiary/aromatic N) is 2. The highest BCUT2D eigenvalue weighted by Gasteiger charge is 2.34. The standard InChI is InChI=1S/C21H32N4O2.ClH/c1-2-14-25(19-10-12-22-13-11-19)20(26)17-7-6-15-24(16-17)21(27)23-18-8-4-3-5-9-18;/h3-5,8-9,17,19,22H,2,6-7,10-16H2,1H3,(H,23,27);1H. The van der Waals surface area contributed by atoms with E-state index in [1.165, 1.54) is 0 Å². The molecule has 28 heavy (non-hydrogen) atoms. The summed E-state index contributed by atoms with van der Waals surface area (Å²) in [5.74, 6) is 0.155. The molecule has 0 radical (unpaired) electrons. The van der Waals surface area contributed by atoms with Crippen molar-refractivity contribution < 1.29 is 9.59 Å². The summed E-state index contributed by atoms with van der Waals surface area (Å²) in [7, 11) is 0. The number of amides is 3. The minimum absolute atomic E-state index is 0. The van der Waals surface area contributed by atoms with Crippen LogP contribution in [0.25, 0.3) is 0 Å². The molecule has 7 heteroatoms. The maximum absolute atomic E-state index is 13.3. The van der Waals surface area contributed by atoms with Crippen molar-refractivity contribution in [2.24, 2.45) is 5.92 Å². The summed E-state index contributed by atoms with van der Waals surface area (Å²) in [4.78, 5) is 29.8. The lowest BCUT2D eigenvalue weighted by Crippen LogP contribution is -2.52. The van der Waals surface area contributed by atoms with Gasteiger partial charge in [0.15, 0.2) is 0 Å². The fourth-order valence-corrected chi connectivity index (χ4v) is 4.15. The van der Waals surface area contributed by atoms with Crippen LogP contribution in [0, 0.1) is 5.92 Å². The third-order valence-corrected chi connectivity index (χ3v) is 5.58. The van der Waals surface area contributed by atoms with Gasteiger partial charge in [-0.2, -0.15) is 0 Å². The van der Waals surface area contributed by atoms with Crippen LogP contribution < -0.4 is 10.6 Å². The molecule has 1 atom stereocenters. The Hall–Kier alpha value is -1.79. The highest BCUT2D eigenvalue weighted by Crippen LogP contribution is 2.23. The number of piperidine rings is 2. The van der Waals surface area contributed by atoms with Gasteiger partial charge in [0.2, 0.25) is 5.91 Å². The van der Waals surface area contributed by atoms with Crippen LogP contribution in [0.15, 0.2) is 30.3 Å². The molecule has 2 aliphatic heterocycles. The van der Waals surface area contributed by atoms with Gasteiger partial charge >= 0.3 is 6.03 Å². The quantitative estimate of drug-likeness (QED) is 0.785. The summed E-state index contributed by atoms with van der Waals surface area (Å²) in [5, 5.41) is 6.32. The first-order chi connectivity index (χ1) is 13.2. The van der Waals surface area contributed by atoms with E-state index in [0.717, 1.165) is 57.4 Å². The molecule has 2 N–H and O–H groups in total. The van der Waals surface area contributed by atoms with Crippen LogP contribution >= 0.6 is 12.4 Å². The molecule has 3 rings (SSSR count). The van der Waals surface area contributed by atoms with E-state index in [9.17, 15) is 9.59 Å². The summed E-state index contributed by atoms with van der Waals surface area (Å²) in [5.41, 5.74) is 0.790. The molecule has 2 heterocycles. The molecule has 156 valence electrons. The van der Waals surface area contributed by atoms with E-state index in [1.54, 1.807) is 4.90 Å². The molecule has 2 fully saturated rings. The molecule has 1 aromatic rings. The molecule has 0 spiro atoms. The molecule has 3 amide bonds. The van der Waals surface area contributed by atoms with Gasteiger partial charge in [-0.3, -0.25) is 4.79 Å². The monoisotopic (exact) mass is 408 g/mol. The third kappa shape index (κ3) is 5.85. The topological polar surface area (TPSA) is 64.7 Å². The first-order valence-electron chi connectivity index (χ1n) is 10.3. The van der Waals surface area contributed by atoms with E-state index in [-0.39, 0.29) is 30.3 Å². The zero-order chi connectivity index (χ0) is 19.1. The van der Waals surface area contributed by atoms with Crippen molar-refractivity contribution in [2.45, 2.75) is 45.1 Å². The van der Waals surface area contributed by atoms with Crippen molar-refractivity contribution in [1.29, 1.82) is 0 Å². The van der Waals surface area contributed by atoms with Gasteiger partial charge in [0.05, 0.1) is 5.92 Å². The SMILES string of the molecule is CCCN(C(=O)C1CCCN(C(=O)Nc2ccccc2)C1)C1CCNCC1.Cl. The Balaban J connectivity index is 0.00000280. The van der Waals surface area contributed by atoms with Gasteiger partial charge in [-0.25, -0.2) is 4.79 Å². The molecule has 6 nitrogen and oxygen atoms in total. The van der Waals surface area contributed by atoms with Gasteiger partial charge in [-0.1, -0.05) is 25.1 Å². The summed E-state index contributed by atoms with van der Waals surface area (Å²) < 4.78 is 0. The van der Waals surface area contributed by atoms with Crippen molar-refractivity contribution in [3.63, 3.8) is 0 Å². The van der Waals surface area contributed by atoms with Crippen LogP contribution in [-0.2, 0) is 4.79 Å². The predicted molar refractivity (Wildman–Crippen MR) is 115 cm³/mol. The summed E-state index contributed by atoms with van der Waals surface area (Å²) >= 11 is 0. The van der Waals surface area contributed by atoms with Gasteiger partial charge in [0, 0.05) is 31.4 Å². The number of hydrogen-bond acceptors (Lipinski definition) is 3. The molecule has 0 bridgehead atoms. The number of carbonyl (C=O) groups is 2. The summed E-state index contributed by atoms with van der Waals surface area (Å²) in [6.07, 6.45) is 4.78. The van der Waals surface area contributed by atoms with E-state index >= 15 is 0 Å². The van der Waals surface area contributed by atoms with E-state index in [1.807, 2.05) is 30.3 Å². The van der Waals surface area contributed by atoms with Crippen molar-refractivity contribution in [3.05, 3.63) is 30.3 Å². The number of halogens is 1. The lowest BCUT2D eigenvalue weighted by Gasteiger charge is -2.39. The van der Waals surface area contributed by atoms with Crippen molar-refractivity contribution in [2.75, 3.05) is 38.0 Å². The lowest BCUT2D eigenvalue weighted by atomic mass is 9.94. The van der Waals surface area contributed by atoms with Crippen LogP contribution in [-0.4, -0.2) is 60.5 Å². The molecule has 0 aromatic heterocycles. The number of hydrogen-bond donors (Lipinski definition) is 2. The molecular formula is C21H33ClN4O2. The molecular weight excluding hydrogens is 376 g/mol. The maximum Gasteiger partial charge on any atom is 0.321 e. The number of urea groups is 1. The Bertz CT molecular complexity index is 622. The van der Waals surface area contributed by atoms with Gasteiger partial charge in [-0.05, 0) is 57.3 Å². The summed E-state index contributed by atoms with van der Waals surface area (Å²) in [6.45, 7) is 6.13. The average Bonchev–Trinajstić information content (AvgIpc) is 2.73. The molecule has 0 saturated carbocycles. The Kier molecular flexibility index (Phi) is 9.06. The molecule has 0 aliphatic carbocycles. The van der Waals surface area contributed by atoms with Crippen molar-refractivity contribution in [1.82, 2.24) is 15.1 Å². The number of rotatable bonds is 5. The summed E-state index contributed by atoms with van der Waals surface area (Å²) in [6, 6.07) is 9.72. The fraction of sp³-hybridized carbons (Fsp3) is 0.619. The van der Waals surface area contributed by atoms with E-state index in [2.05, 4.69) is 22.5 Å². The van der Waals surface area contributed by atoms with Crippen LogP contribution in [0.3, 0.4) is 0 Å². The van der Waals surface area contributed by atoms with E-state index < -0.39 is 0 Å². The molecule has 2 aliphatic rings. The first-order valence-corrected chi connectivity index (χ1v) is 10.3. The number of nitrogens with one attached hydrogen (secondary N) is 2. The van der Waals surface area contributed by atoms with Gasteiger partial charge in [0.1, 0.15) is 0 Å². The van der Waals surface area contributed by atoms with Crippen LogP contribution in [0.2, 0.25) is 0 Å². The van der Waals surface area contributed by atoms with E-state index in [0.29, 0.717) is 19.1 Å². The highest BCUT2D eigenvalue weighted by molar-refractivity contribution is 5.90.